The van der Waals surface area contributed by atoms with Gasteiger partial charge in [-0.15, -0.1) is 11.3 Å². The molecule has 0 bridgehead atoms. The Morgan fingerprint density at radius 3 is 2.75 bits per heavy atom. The summed E-state index contributed by atoms with van der Waals surface area (Å²) in [4.78, 5) is 5.23. The van der Waals surface area contributed by atoms with Crippen LogP contribution in [0.5, 0.6) is 0 Å². The fourth-order valence-corrected chi connectivity index (χ4v) is 3.46. The van der Waals surface area contributed by atoms with Gasteiger partial charge >= 0.3 is 0 Å². The number of nitrogen functional groups attached to an aromatic ring is 1. The molecule has 3 N–H and O–H groups in total. The van der Waals surface area contributed by atoms with Crippen LogP contribution in [-0.2, 0) is 16.4 Å². The molecule has 0 aromatic carbocycles. The third kappa shape index (κ3) is 3.34. The molecule has 2 aromatic rings. The van der Waals surface area contributed by atoms with Crippen molar-refractivity contribution in [3.05, 3.63) is 40.7 Å². The summed E-state index contributed by atoms with van der Waals surface area (Å²) in [5, 5.41) is 1.98. The SMILES string of the molecule is CN(CCc1cccs1)S(=O)(=O)c1ccc(NN)nc1. The van der Waals surface area contributed by atoms with Crippen molar-refractivity contribution in [3.63, 3.8) is 0 Å². The molecule has 0 radical (unpaired) electrons. The zero-order chi connectivity index (χ0) is 14.6. The molecule has 0 unspecified atom stereocenters. The Morgan fingerprint density at radius 2 is 2.20 bits per heavy atom. The second-order valence-electron chi connectivity index (χ2n) is 4.18. The molecule has 0 fully saturated rings. The largest absolute Gasteiger partial charge is 0.308 e. The lowest BCUT2D eigenvalue weighted by molar-refractivity contribution is 0.473. The Bertz CT molecular complexity index is 639. The van der Waals surface area contributed by atoms with Crippen molar-refractivity contribution in [2.75, 3.05) is 19.0 Å². The zero-order valence-electron chi connectivity index (χ0n) is 11.0. The van der Waals surface area contributed by atoms with E-state index in [0.717, 1.165) is 4.88 Å². The average Bonchev–Trinajstić information content (AvgIpc) is 2.98. The second-order valence-corrected chi connectivity index (χ2v) is 7.26. The van der Waals surface area contributed by atoms with Crippen LogP contribution in [0.1, 0.15) is 4.88 Å². The van der Waals surface area contributed by atoms with E-state index >= 15 is 0 Å². The number of nitrogens with one attached hydrogen (secondary N) is 1. The van der Waals surface area contributed by atoms with Crippen LogP contribution in [0.4, 0.5) is 5.82 Å². The molecule has 0 aliphatic carbocycles. The van der Waals surface area contributed by atoms with E-state index in [1.54, 1.807) is 18.4 Å². The van der Waals surface area contributed by atoms with Gasteiger partial charge in [-0.05, 0) is 30.0 Å². The standard InChI is InChI=1S/C12H16N4O2S2/c1-16(7-6-10-3-2-8-19-10)20(17,18)11-4-5-12(15-13)14-9-11/h2-5,8-9H,6-7,13H2,1H3,(H,14,15). The van der Waals surface area contributed by atoms with Crippen LogP contribution in [0.3, 0.4) is 0 Å². The number of nitrogens with two attached hydrogens (primary N) is 1. The number of likely N-dealkylation sites (N-methyl/N-ethyl adjacent to an activating group) is 1. The first-order chi connectivity index (χ1) is 9.54. The Labute approximate surface area is 122 Å². The first-order valence-corrected chi connectivity index (χ1v) is 8.27. The molecule has 2 heterocycles. The Morgan fingerprint density at radius 1 is 1.40 bits per heavy atom. The van der Waals surface area contributed by atoms with Gasteiger partial charge in [-0.25, -0.2) is 23.5 Å². The van der Waals surface area contributed by atoms with Crippen LogP contribution >= 0.6 is 11.3 Å². The highest BCUT2D eigenvalue weighted by Crippen LogP contribution is 2.16. The van der Waals surface area contributed by atoms with E-state index in [0.29, 0.717) is 18.8 Å². The fraction of sp³-hybridized carbons (Fsp3) is 0.250. The van der Waals surface area contributed by atoms with Gasteiger partial charge in [0.2, 0.25) is 10.0 Å². The number of pyridine rings is 1. The minimum atomic E-state index is -3.51. The highest BCUT2D eigenvalue weighted by atomic mass is 32.2. The molecule has 8 heteroatoms. The number of rotatable bonds is 6. The molecule has 0 aliphatic heterocycles. The molecule has 108 valence electrons. The van der Waals surface area contributed by atoms with Crippen LogP contribution in [0.15, 0.2) is 40.7 Å². The number of hydrazine groups is 1. The normalized spacial score (nSPS) is 11.8. The van der Waals surface area contributed by atoms with Crippen molar-refractivity contribution < 1.29 is 8.42 Å². The molecular weight excluding hydrogens is 296 g/mol. The van der Waals surface area contributed by atoms with E-state index in [2.05, 4.69) is 10.4 Å². The van der Waals surface area contributed by atoms with Crippen molar-refractivity contribution in [1.29, 1.82) is 0 Å². The van der Waals surface area contributed by atoms with E-state index in [4.69, 9.17) is 5.84 Å². The molecule has 0 saturated heterocycles. The summed E-state index contributed by atoms with van der Waals surface area (Å²) in [7, 11) is -1.94. The van der Waals surface area contributed by atoms with Crippen LogP contribution in [-0.4, -0.2) is 31.3 Å². The first kappa shape index (κ1) is 14.9. The van der Waals surface area contributed by atoms with Crippen LogP contribution in [0, 0.1) is 0 Å². The fourth-order valence-electron chi connectivity index (χ4n) is 1.64. The number of nitrogens with zero attached hydrogens (tertiary/aromatic N) is 2. The lowest BCUT2D eigenvalue weighted by atomic mass is 10.3. The minimum absolute atomic E-state index is 0.158. The summed E-state index contributed by atoms with van der Waals surface area (Å²) in [6.07, 6.45) is 2.00. The van der Waals surface area contributed by atoms with Crippen LogP contribution < -0.4 is 11.3 Å². The van der Waals surface area contributed by atoms with E-state index in [1.807, 2.05) is 17.5 Å². The third-order valence-electron chi connectivity index (χ3n) is 2.85. The highest BCUT2D eigenvalue weighted by molar-refractivity contribution is 7.89. The maximum atomic E-state index is 12.3. The summed E-state index contributed by atoms with van der Waals surface area (Å²) in [6.45, 7) is 0.430. The third-order valence-corrected chi connectivity index (χ3v) is 5.62. The van der Waals surface area contributed by atoms with Gasteiger partial charge < -0.3 is 5.43 Å². The molecular formula is C12H16N4O2S2. The van der Waals surface area contributed by atoms with Crippen LogP contribution in [0.2, 0.25) is 0 Å². The van der Waals surface area contributed by atoms with Crippen LogP contribution in [0.25, 0.3) is 0 Å². The molecule has 0 saturated carbocycles. The van der Waals surface area contributed by atoms with Crippen molar-refractivity contribution in [3.8, 4) is 0 Å². The number of sulfonamides is 1. The minimum Gasteiger partial charge on any atom is -0.308 e. The Hall–Kier alpha value is -1.48. The van der Waals surface area contributed by atoms with Crippen molar-refractivity contribution in [2.24, 2.45) is 5.84 Å². The Kier molecular flexibility index (Phi) is 4.71. The van der Waals surface area contributed by atoms with Gasteiger partial charge in [0.25, 0.3) is 0 Å². The van der Waals surface area contributed by atoms with E-state index in [9.17, 15) is 8.42 Å². The molecule has 20 heavy (non-hydrogen) atoms. The quantitative estimate of drug-likeness (QED) is 0.620. The van der Waals surface area contributed by atoms with E-state index < -0.39 is 10.0 Å². The number of hydrogen-bond acceptors (Lipinski definition) is 6. The maximum absolute atomic E-state index is 12.3. The van der Waals surface area contributed by atoms with Gasteiger partial charge in [0, 0.05) is 24.7 Å². The lowest BCUT2D eigenvalue weighted by Crippen LogP contribution is -2.29. The summed E-state index contributed by atoms with van der Waals surface area (Å²) in [6, 6.07) is 6.96. The van der Waals surface area contributed by atoms with Crippen molar-refractivity contribution in [2.45, 2.75) is 11.3 Å². The predicted molar refractivity (Wildman–Crippen MR) is 79.9 cm³/mol. The zero-order valence-corrected chi connectivity index (χ0v) is 12.6. The van der Waals surface area contributed by atoms with Crippen molar-refractivity contribution in [1.82, 2.24) is 9.29 Å². The van der Waals surface area contributed by atoms with Gasteiger partial charge in [-0.1, -0.05) is 6.07 Å². The molecule has 0 spiro atoms. The lowest BCUT2D eigenvalue weighted by Gasteiger charge is -2.16. The Balaban J connectivity index is 2.07. The maximum Gasteiger partial charge on any atom is 0.244 e. The van der Waals surface area contributed by atoms with E-state index in [-0.39, 0.29) is 4.90 Å². The molecule has 2 aromatic heterocycles. The summed E-state index contributed by atoms with van der Waals surface area (Å²) in [5.41, 5.74) is 2.36. The van der Waals surface area contributed by atoms with Crippen molar-refractivity contribution >= 4 is 27.2 Å². The molecule has 6 nitrogen and oxygen atoms in total. The number of anilines is 1. The van der Waals surface area contributed by atoms with Gasteiger partial charge in [0.15, 0.2) is 0 Å². The molecule has 0 atom stereocenters. The summed E-state index contributed by atoms with van der Waals surface area (Å²) >= 11 is 1.62. The molecule has 0 amide bonds. The summed E-state index contributed by atoms with van der Waals surface area (Å²) in [5.74, 6) is 5.62. The topological polar surface area (TPSA) is 88.3 Å². The number of hydrogen-bond donors (Lipinski definition) is 2. The monoisotopic (exact) mass is 312 g/mol. The average molecular weight is 312 g/mol. The number of thiophene rings is 1. The van der Waals surface area contributed by atoms with Gasteiger partial charge in [0.1, 0.15) is 10.7 Å². The van der Waals surface area contributed by atoms with Gasteiger partial charge in [-0.2, -0.15) is 0 Å². The molecule has 2 rings (SSSR count). The van der Waals surface area contributed by atoms with Gasteiger partial charge in [-0.3, -0.25) is 0 Å². The number of aromatic nitrogens is 1. The predicted octanol–water partition coefficient (Wildman–Crippen LogP) is 1.29. The van der Waals surface area contributed by atoms with Gasteiger partial charge in [0.05, 0.1) is 0 Å². The summed E-state index contributed by atoms with van der Waals surface area (Å²) < 4.78 is 26.0. The first-order valence-electron chi connectivity index (χ1n) is 5.95. The molecule has 0 aliphatic rings. The highest BCUT2D eigenvalue weighted by Gasteiger charge is 2.20. The second kappa shape index (κ2) is 6.31. The van der Waals surface area contributed by atoms with E-state index in [1.165, 1.54) is 22.6 Å². The smallest absolute Gasteiger partial charge is 0.244 e.